The average Bonchev–Trinajstić information content (AvgIpc) is 2.99. The first-order valence-electron chi connectivity index (χ1n) is 8.56. The topological polar surface area (TPSA) is 82.8 Å². The summed E-state index contributed by atoms with van der Waals surface area (Å²) < 4.78 is 1.57. The molecule has 0 bridgehead atoms. The molecular formula is C17H25N5O2. The van der Waals surface area contributed by atoms with Crippen molar-refractivity contribution in [2.45, 2.75) is 31.7 Å². The van der Waals surface area contributed by atoms with Gasteiger partial charge in [0.1, 0.15) is 5.69 Å². The van der Waals surface area contributed by atoms with Crippen LogP contribution in [-0.4, -0.2) is 63.3 Å². The Morgan fingerprint density at radius 3 is 3.21 bits per heavy atom. The van der Waals surface area contributed by atoms with E-state index in [-0.39, 0.29) is 18.6 Å². The Morgan fingerprint density at radius 1 is 1.50 bits per heavy atom. The lowest BCUT2D eigenvalue weighted by Gasteiger charge is -2.32. The minimum atomic E-state index is -0.115. The van der Waals surface area contributed by atoms with Crippen molar-refractivity contribution in [1.29, 1.82) is 0 Å². The lowest BCUT2D eigenvalue weighted by molar-refractivity contribution is 0.0906. The van der Waals surface area contributed by atoms with Crippen molar-refractivity contribution < 1.29 is 9.90 Å². The highest BCUT2D eigenvalue weighted by Crippen LogP contribution is 2.25. The molecule has 2 atom stereocenters. The maximum Gasteiger partial charge on any atom is 0.271 e. The monoisotopic (exact) mass is 331 g/mol. The molecule has 2 N–H and O–H groups in total. The molecule has 7 nitrogen and oxygen atoms in total. The highest BCUT2D eigenvalue weighted by atomic mass is 16.3. The molecule has 2 aromatic rings. The highest BCUT2D eigenvalue weighted by Gasteiger charge is 2.25. The summed E-state index contributed by atoms with van der Waals surface area (Å²) in [4.78, 5) is 18.9. The third-order valence-electron chi connectivity index (χ3n) is 4.68. The number of rotatable bonds is 6. The molecule has 0 saturated heterocycles. The third kappa shape index (κ3) is 3.91. The number of nitrogens with zero attached hydrogens (tertiary/aromatic N) is 4. The SMILES string of the molecule is CN(CCO)C[C@@H]1CCC[C@@H](NC(=O)c2cnc3cccnn23)C1. The minimum absolute atomic E-state index is 0.115. The second-order valence-electron chi connectivity index (χ2n) is 6.63. The minimum Gasteiger partial charge on any atom is -0.395 e. The predicted octanol–water partition coefficient (Wildman–Crippen LogP) is 0.942. The van der Waals surface area contributed by atoms with E-state index in [4.69, 9.17) is 5.11 Å². The van der Waals surface area contributed by atoms with Crippen LogP contribution >= 0.6 is 0 Å². The van der Waals surface area contributed by atoms with E-state index in [9.17, 15) is 4.79 Å². The number of aliphatic hydroxyl groups excluding tert-OH is 1. The summed E-state index contributed by atoms with van der Waals surface area (Å²) in [7, 11) is 2.03. The number of aromatic nitrogens is 3. The zero-order valence-corrected chi connectivity index (χ0v) is 14.1. The molecule has 0 radical (unpaired) electrons. The number of hydrogen-bond acceptors (Lipinski definition) is 5. The molecule has 2 heterocycles. The molecule has 0 aromatic carbocycles. The second-order valence-corrected chi connectivity index (χ2v) is 6.63. The standard InChI is InChI=1S/C17H25N5O2/c1-21(8-9-23)12-13-4-2-5-14(10-13)20-17(24)15-11-18-16-6-3-7-19-22(15)16/h3,6-7,11,13-14,23H,2,4-5,8-10,12H2,1H3,(H,20,24)/t13-,14-/m1/s1. The number of fused-ring (bicyclic) bond motifs is 1. The van der Waals surface area contributed by atoms with E-state index >= 15 is 0 Å². The predicted molar refractivity (Wildman–Crippen MR) is 90.8 cm³/mol. The number of amides is 1. The Hall–Kier alpha value is -1.99. The normalized spacial score (nSPS) is 21.3. The van der Waals surface area contributed by atoms with Crippen molar-refractivity contribution in [2.75, 3.05) is 26.7 Å². The Kier molecular flexibility index (Phi) is 5.42. The third-order valence-corrected chi connectivity index (χ3v) is 4.68. The van der Waals surface area contributed by atoms with E-state index in [1.807, 2.05) is 13.1 Å². The molecule has 1 aliphatic rings. The van der Waals surface area contributed by atoms with Gasteiger partial charge in [-0.25, -0.2) is 9.50 Å². The van der Waals surface area contributed by atoms with Gasteiger partial charge in [0.2, 0.25) is 0 Å². The highest BCUT2D eigenvalue weighted by molar-refractivity contribution is 5.93. The Morgan fingerprint density at radius 2 is 2.38 bits per heavy atom. The lowest BCUT2D eigenvalue weighted by atomic mass is 9.85. The fraction of sp³-hybridized carbons (Fsp3) is 0.588. The number of carbonyl (C=O) groups is 1. The van der Waals surface area contributed by atoms with E-state index in [2.05, 4.69) is 20.3 Å². The van der Waals surface area contributed by atoms with Crippen LogP contribution in [0.5, 0.6) is 0 Å². The molecule has 0 aliphatic heterocycles. The van der Waals surface area contributed by atoms with Gasteiger partial charge in [-0.3, -0.25) is 4.79 Å². The van der Waals surface area contributed by atoms with Crippen LogP contribution in [0.2, 0.25) is 0 Å². The van der Waals surface area contributed by atoms with Gasteiger partial charge in [-0.1, -0.05) is 6.42 Å². The van der Waals surface area contributed by atoms with Crippen LogP contribution in [0.3, 0.4) is 0 Å². The molecule has 2 aromatic heterocycles. The smallest absolute Gasteiger partial charge is 0.271 e. The summed E-state index contributed by atoms with van der Waals surface area (Å²) >= 11 is 0. The van der Waals surface area contributed by atoms with E-state index in [0.29, 0.717) is 23.8 Å². The van der Waals surface area contributed by atoms with Crippen LogP contribution in [0.4, 0.5) is 0 Å². The molecule has 1 aliphatic carbocycles. The van der Waals surface area contributed by atoms with Gasteiger partial charge in [0.15, 0.2) is 5.65 Å². The van der Waals surface area contributed by atoms with Gasteiger partial charge < -0.3 is 15.3 Å². The Labute approximate surface area is 141 Å². The molecule has 130 valence electrons. The van der Waals surface area contributed by atoms with Crippen molar-refractivity contribution in [1.82, 2.24) is 24.8 Å². The maximum atomic E-state index is 12.6. The molecule has 1 amide bonds. The zero-order valence-electron chi connectivity index (χ0n) is 14.1. The molecule has 0 spiro atoms. The molecule has 7 heteroatoms. The Bertz CT molecular complexity index is 686. The fourth-order valence-corrected chi connectivity index (χ4v) is 3.53. The zero-order chi connectivity index (χ0) is 16.9. The van der Waals surface area contributed by atoms with E-state index < -0.39 is 0 Å². The summed E-state index contributed by atoms with van der Waals surface area (Å²) in [6.45, 7) is 1.84. The van der Waals surface area contributed by atoms with E-state index in [0.717, 1.165) is 25.8 Å². The van der Waals surface area contributed by atoms with Gasteiger partial charge in [-0.2, -0.15) is 5.10 Å². The van der Waals surface area contributed by atoms with Crippen molar-refractivity contribution in [2.24, 2.45) is 5.92 Å². The van der Waals surface area contributed by atoms with Gasteiger partial charge in [-0.15, -0.1) is 0 Å². The van der Waals surface area contributed by atoms with Crippen LogP contribution in [0, 0.1) is 5.92 Å². The van der Waals surface area contributed by atoms with Crippen LogP contribution in [0.1, 0.15) is 36.2 Å². The van der Waals surface area contributed by atoms with Crippen LogP contribution in [0.25, 0.3) is 5.65 Å². The van der Waals surface area contributed by atoms with Gasteiger partial charge in [-0.05, 0) is 44.4 Å². The lowest BCUT2D eigenvalue weighted by Crippen LogP contribution is -2.41. The molecule has 24 heavy (non-hydrogen) atoms. The summed E-state index contributed by atoms with van der Waals surface area (Å²) in [5.74, 6) is 0.441. The molecule has 0 unspecified atom stereocenters. The van der Waals surface area contributed by atoms with Gasteiger partial charge in [0.05, 0.1) is 12.8 Å². The van der Waals surface area contributed by atoms with E-state index in [1.165, 1.54) is 6.42 Å². The fourth-order valence-electron chi connectivity index (χ4n) is 3.53. The van der Waals surface area contributed by atoms with Crippen molar-refractivity contribution in [3.8, 4) is 0 Å². The van der Waals surface area contributed by atoms with Gasteiger partial charge in [0, 0.05) is 25.3 Å². The first kappa shape index (κ1) is 16.9. The number of likely N-dealkylation sites (N-methyl/N-ethyl adjacent to an activating group) is 1. The second kappa shape index (κ2) is 7.72. The van der Waals surface area contributed by atoms with Crippen molar-refractivity contribution >= 4 is 11.6 Å². The molecule has 3 rings (SSSR count). The summed E-state index contributed by atoms with van der Waals surface area (Å²) in [6, 6.07) is 3.82. The largest absolute Gasteiger partial charge is 0.395 e. The van der Waals surface area contributed by atoms with Crippen molar-refractivity contribution in [3.63, 3.8) is 0 Å². The number of nitrogens with one attached hydrogen (secondary N) is 1. The first-order chi connectivity index (χ1) is 11.7. The first-order valence-corrected chi connectivity index (χ1v) is 8.56. The quantitative estimate of drug-likeness (QED) is 0.823. The van der Waals surface area contributed by atoms with Crippen molar-refractivity contribution in [3.05, 3.63) is 30.2 Å². The molecular weight excluding hydrogens is 306 g/mol. The molecule has 1 fully saturated rings. The number of carbonyl (C=O) groups excluding carboxylic acids is 1. The van der Waals surface area contributed by atoms with E-state index in [1.54, 1.807) is 23.0 Å². The maximum absolute atomic E-state index is 12.6. The van der Waals surface area contributed by atoms with Gasteiger partial charge in [0.25, 0.3) is 5.91 Å². The number of imidazole rings is 1. The summed E-state index contributed by atoms with van der Waals surface area (Å²) in [6.07, 6.45) is 7.52. The van der Waals surface area contributed by atoms with Gasteiger partial charge >= 0.3 is 0 Å². The van der Waals surface area contributed by atoms with Crippen LogP contribution in [-0.2, 0) is 0 Å². The summed E-state index contributed by atoms with van der Waals surface area (Å²) in [5, 5.41) is 16.4. The number of aliphatic hydroxyl groups is 1. The molecule has 1 saturated carbocycles. The Balaban J connectivity index is 1.60. The van der Waals surface area contributed by atoms with Crippen LogP contribution in [0.15, 0.2) is 24.5 Å². The summed E-state index contributed by atoms with van der Waals surface area (Å²) in [5.41, 5.74) is 1.15. The number of hydrogen-bond donors (Lipinski definition) is 2. The average molecular weight is 331 g/mol. The van der Waals surface area contributed by atoms with Crippen LogP contribution < -0.4 is 5.32 Å².